The predicted molar refractivity (Wildman–Crippen MR) is 140 cm³/mol. The van der Waals surface area contributed by atoms with Crippen LogP contribution in [0.1, 0.15) is 37.6 Å². The van der Waals surface area contributed by atoms with Crippen LogP contribution in [-0.4, -0.2) is 37.4 Å². The molecule has 186 valence electrons. The fraction of sp³-hybridized carbons (Fsp3) is 0.310. The van der Waals surface area contributed by atoms with Gasteiger partial charge in [0.05, 0.1) is 24.4 Å². The molecular formula is C29H31N3O4. The summed E-state index contributed by atoms with van der Waals surface area (Å²) >= 11 is 0. The molecule has 0 unspecified atom stereocenters. The zero-order valence-corrected chi connectivity index (χ0v) is 21.1. The molecule has 0 spiro atoms. The highest BCUT2D eigenvalue weighted by molar-refractivity contribution is 5.88. The lowest BCUT2D eigenvalue weighted by Gasteiger charge is -2.30. The van der Waals surface area contributed by atoms with Crippen LogP contribution in [0.2, 0.25) is 0 Å². The van der Waals surface area contributed by atoms with E-state index in [0.717, 1.165) is 45.4 Å². The van der Waals surface area contributed by atoms with Crippen molar-refractivity contribution in [1.29, 1.82) is 0 Å². The number of carbonyl (C=O) groups excluding carboxylic acids is 1. The first-order chi connectivity index (χ1) is 17.1. The van der Waals surface area contributed by atoms with Gasteiger partial charge < -0.3 is 19.3 Å². The smallest absolute Gasteiger partial charge is 0.410 e. The number of rotatable bonds is 3. The fourth-order valence-corrected chi connectivity index (χ4v) is 4.85. The number of ether oxygens (including phenoxy) is 1. The number of fused-ring (bicyclic) bond motifs is 3. The predicted octanol–water partition coefficient (Wildman–Crippen LogP) is 4.78. The van der Waals surface area contributed by atoms with Crippen molar-refractivity contribution in [2.75, 3.05) is 6.54 Å². The maximum atomic E-state index is 13.0. The minimum absolute atomic E-state index is 0.00797. The van der Waals surface area contributed by atoms with Gasteiger partial charge >= 0.3 is 6.09 Å². The SMILES string of the molecule is Cn1c2c(c3ccc(-n4ccc(-c5ccc(CO)cc5)cc4=O)cc31)CCN(C(=O)OC(C)(C)C)C2. The van der Waals surface area contributed by atoms with Crippen LogP contribution in [0.25, 0.3) is 27.7 Å². The molecule has 36 heavy (non-hydrogen) atoms. The number of carbonyl (C=O) groups is 1. The van der Waals surface area contributed by atoms with E-state index in [0.29, 0.717) is 13.1 Å². The number of amides is 1. The number of hydrogen-bond acceptors (Lipinski definition) is 4. The van der Waals surface area contributed by atoms with E-state index >= 15 is 0 Å². The Morgan fingerprint density at radius 2 is 1.78 bits per heavy atom. The molecule has 2 aromatic carbocycles. The topological polar surface area (TPSA) is 76.7 Å². The number of aliphatic hydroxyl groups is 1. The van der Waals surface area contributed by atoms with E-state index in [1.807, 2.05) is 70.3 Å². The molecule has 7 heteroatoms. The van der Waals surface area contributed by atoms with Crippen LogP contribution >= 0.6 is 0 Å². The normalized spacial score (nSPS) is 13.6. The first kappa shape index (κ1) is 23.9. The Bertz CT molecular complexity index is 1510. The van der Waals surface area contributed by atoms with Crippen molar-refractivity contribution in [3.8, 4) is 16.8 Å². The monoisotopic (exact) mass is 485 g/mol. The van der Waals surface area contributed by atoms with Gasteiger partial charge in [-0.1, -0.05) is 30.3 Å². The minimum Gasteiger partial charge on any atom is -0.444 e. The molecule has 1 N–H and O–H groups in total. The fourth-order valence-electron chi connectivity index (χ4n) is 4.85. The Morgan fingerprint density at radius 3 is 2.44 bits per heavy atom. The zero-order valence-electron chi connectivity index (χ0n) is 21.1. The summed E-state index contributed by atoms with van der Waals surface area (Å²) in [6.07, 6.45) is 2.26. The summed E-state index contributed by atoms with van der Waals surface area (Å²) in [5, 5.41) is 10.4. The molecule has 1 aliphatic rings. The van der Waals surface area contributed by atoms with E-state index in [4.69, 9.17) is 4.74 Å². The number of hydrogen-bond donors (Lipinski definition) is 1. The van der Waals surface area contributed by atoms with Crippen molar-refractivity contribution in [3.05, 3.63) is 88.0 Å². The molecule has 0 radical (unpaired) electrons. The summed E-state index contributed by atoms with van der Waals surface area (Å²) < 4.78 is 9.34. The molecule has 7 nitrogen and oxygen atoms in total. The van der Waals surface area contributed by atoms with Crippen molar-refractivity contribution in [3.63, 3.8) is 0 Å². The van der Waals surface area contributed by atoms with Gasteiger partial charge in [0.2, 0.25) is 0 Å². The van der Waals surface area contributed by atoms with Crippen molar-refractivity contribution in [2.24, 2.45) is 7.05 Å². The highest BCUT2D eigenvalue weighted by atomic mass is 16.6. The molecule has 0 saturated heterocycles. The van der Waals surface area contributed by atoms with Gasteiger partial charge in [-0.2, -0.15) is 0 Å². The summed E-state index contributed by atoms with van der Waals surface area (Å²) in [6.45, 7) is 6.73. The number of benzene rings is 2. The maximum Gasteiger partial charge on any atom is 0.410 e. The third-order valence-corrected chi connectivity index (χ3v) is 6.71. The lowest BCUT2D eigenvalue weighted by molar-refractivity contribution is 0.0220. The molecule has 0 atom stereocenters. The Kier molecular flexibility index (Phi) is 5.96. The van der Waals surface area contributed by atoms with Crippen LogP contribution in [-0.2, 0) is 31.4 Å². The second kappa shape index (κ2) is 8.99. The molecule has 0 saturated carbocycles. The Hall–Kier alpha value is -3.84. The first-order valence-corrected chi connectivity index (χ1v) is 12.2. The van der Waals surface area contributed by atoms with Crippen LogP contribution in [0.3, 0.4) is 0 Å². The highest BCUT2D eigenvalue weighted by Gasteiger charge is 2.29. The lowest BCUT2D eigenvalue weighted by atomic mass is 10.0. The molecular weight excluding hydrogens is 454 g/mol. The van der Waals surface area contributed by atoms with E-state index in [2.05, 4.69) is 10.6 Å². The van der Waals surface area contributed by atoms with E-state index in [1.54, 1.807) is 21.7 Å². The van der Waals surface area contributed by atoms with Crippen LogP contribution in [0, 0.1) is 0 Å². The quantitative estimate of drug-likeness (QED) is 0.453. The molecule has 2 aromatic heterocycles. The van der Waals surface area contributed by atoms with Crippen LogP contribution in [0.15, 0.2) is 65.6 Å². The number of aliphatic hydroxyl groups excluding tert-OH is 1. The van der Waals surface area contributed by atoms with Gasteiger partial charge in [0.25, 0.3) is 5.56 Å². The average molecular weight is 486 g/mol. The molecule has 0 aliphatic carbocycles. The van der Waals surface area contributed by atoms with Gasteiger partial charge in [0.15, 0.2) is 0 Å². The third kappa shape index (κ3) is 4.42. The van der Waals surface area contributed by atoms with Crippen molar-refractivity contribution in [2.45, 2.75) is 45.9 Å². The van der Waals surface area contributed by atoms with Gasteiger partial charge in [-0.3, -0.25) is 9.36 Å². The summed E-state index contributed by atoms with van der Waals surface area (Å²) in [4.78, 5) is 27.4. The Balaban J connectivity index is 1.46. The van der Waals surface area contributed by atoms with E-state index in [1.165, 1.54) is 5.56 Å². The van der Waals surface area contributed by atoms with E-state index in [9.17, 15) is 14.7 Å². The third-order valence-electron chi connectivity index (χ3n) is 6.71. The van der Waals surface area contributed by atoms with Crippen molar-refractivity contribution in [1.82, 2.24) is 14.0 Å². The minimum atomic E-state index is -0.531. The van der Waals surface area contributed by atoms with Gasteiger partial charge in [-0.05, 0) is 67.6 Å². The molecule has 4 aromatic rings. The average Bonchev–Trinajstić information content (AvgIpc) is 3.14. The summed E-state index contributed by atoms with van der Waals surface area (Å²) in [6, 6.07) is 17.2. The van der Waals surface area contributed by atoms with Gasteiger partial charge in [-0.25, -0.2) is 4.79 Å². The summed E-state index contributed by atoms with van der Waals surface area (Å²) in [5.74, 6) is 0. The second-order valence-electron chi connectivity index (χ2n) is 10.3. The van der Waals surface area contributed by atoms with Crippen molar-refractivity contribution < 1.29 is 14.6 Å². The number of aromatic nitrogens is 2. The Labute approximate surface area is 210 Å². The highest BCUT2D eigenvalue weighted by Crippen LogP contribution is 2.32. The van der Waals surface area contributed by atoms with Crippen LogP contribution in [0.5, 0.6) is 0 Å². The standard InChI is InChI=1S/C29H31N3O4/c1-29(2,3)36-28(35)31-13-12-24-23-10-9-22(16-25(23)30(4)26(24)17-31)32-14-11-21(15-27(32)34)20-7-5-19(18-33)6-8-20/h5-11,14-16,33H,12-13,17-18H2,1-4H3. The largest absolute Gasteiger partial charge is 0.444 e. The van der Waals surface area contributed by atoms with Gasteiger partial charge in [0, 0.05) is 36.9 Å². The van der Waals surface area contributed by atoms with Gasteiger partial charge in [0.1, 0.15) is 5.60 Å². The second-order valence-corrected chi connectivity index (χ2v) is 10.3. The van der Waals surface area contributed by atoms with E-state index in [-0.39, 0.29) is 18.3 Å². The molecule has 0 fully saturated rings. The molecule has 0 bridgehead atoms. The molecule has 3 heterocycles. The van der Waals surface area contributed by atoms with Crippen LogP contribution < -0.4 is 5.56 Å². The van der Waals surface area contributed by atoms with Gasteiger partial charge in [-0.15, -0.1) is 0 Å². The number of pyridine rings is 1. The molecule has 1 amide bonds. The van der Waals surface area contributed by atoms with E-state index < -0.39 is 5.60 Å². The Morgan fingerprint density at radius 1 is 1.03 bits per heavy atom. The molecule has 5 rings (SSSR count). The lowest BCUT2D eigenvalue weighted by Crippen LogP contribution is -2.40. The maximum absolute atomic E-state index is 13.0. The first-order valence-electron chi connectivity index (χ1n) is 12.2. The number of nitrogens with zero attached hydrogens (tertiary/aromatic N) is 3. The molecule has 1 aliphatic heterocycles. The number of aryl methyl sites for hydroxylation is 1. The summed E-state index contributed by atoms with van der Waals surface area (Å²) in [7, 11) is 2.01. The van der Waals surface area contributed by atoms with Crippen molar-refractivity contribution >= 4 is 17.0 Å². The van der Waals surface area contributed by atoms with Crippen LogP contribution in [0.4, 0.5) is 4.79 Å². The summed E-state index contributed by atoms with van der Waals surface area (Å²) in [5.41, 5.74) is 6.09. The zero-order chi connectivity index (χ0) is 25.6.